The molecule has 0 unspecified atom stereocenters. The molecule has 2 fully saturated rings. The molecule has 5 aromatic carbocycles. The van der Waals surface area contributed by atoms with Crippen LogP contribution in [0.1, 0.15) is 65.5 Å². The van der Waals surface area contributed by atoms with Crippen molar-refractivity contribution < 1.29 is 36.9 Å². The summed E-state index contributed by atoms with van der Waals surface area (Å²) in [7, 11) is 4.96. The molecule has 0 atom stereocenters. The van der Waals surface area contributed by atoms with Crippen molar-refractivity contribution in [1.29, 1.82) is 0 Å². The topological polar surface area (TPSA) is 49.4 Å². The zero-order valence-corrected chi connectivity index (χ0v) is 30.6. The van der Waals surface area contributed by atoms with Crippen molar-refractivity contribution in [2.45, 2.75) is 49.3 Å². The fourth-order valence-corrected chi connectivity index (χ4v) is 9.45. The number of hydrogen-bond acceptors (Lipinski definition) is 6. The third-order valence-corrected chi connectivity index (χ3v) is 12.1. The number of halogens is 3. The Bertz CT molecular complexity index is 2220. The van der Waals surface area contributed by atoms with Crippen molar-refractivity contribution >= 4 is 22.5 Å². The second-order valence-electron chi connectivity index (χ2n) is 14.7. The molecule has 0 radical (unpaired) electrons. The summed E-state index contributed by atoms with van der Waals surface area (Å²) in [5.41, 5.74) is 5.03. The minimum Gasteiger partial charge on any atom is -0.497 e. The Morgan fingerprint density at radius 2 is 1.37 bits per heavy atom. The molecule has 2 aliphatic carbocycles. The third kappa shape index (κ3) is 5.26. The van der Waals surface area contributed by atoms with Crippen molar-refractivity contribution in [3.05, 3.63) is 118 Å². The molecular weight excluding hydrogens is 691 g/mol. The maximum Gasteiger partial charge on any atom is 0.416 e. The molecule has 5 aromatic rings. The number of morpholine rings is 1. The Kier molecular flexibility index (Phi) is 8.34. The van der Waals surface area contributed by atoms with E-state index >= 15 is 0 Å². The number of benzene rings is 5. The fourth-order valence-electron chi connectivity index (χ4n) is 9.45. The van der Waals surface area contributed by atoms with Gasteiger partial charge in [0.1, 0.15) is 23.0 Å². The number of alkyl halides is 3. The van der Waals surface area contributed by atoms with E-state index < -0.39 is 22.8 Å². The van der Waals surface area contributed by atoms with E-state index in [1.54, 1.807) is 27.4 Å². The SMILES string of the molecule is COc1ccc(C2(c3ccc(OC)cc3)C=Cc3c4c(c5cc(N6CCOCC6)c(OC)cc5c3O2)-c2ccc(C(F)(F)F)cc2C42CCCCC2)cc1. The lowest BCUT2D eigenvalue weighted by molar-refractivity contribution is -0.137. The standard InChI is InChI=1S/C45H42F3NO5/c1-50-31-12-7-28(8-13-31)44(29-9-14-32(51-2)15-10-29)20-17-34-41-40(33-16-11-30(45(46,47)48)25-37(33)43(41)18-5-4-6-19-43)35-26-38(49-21-23-53-24-22-49)39(52-3)27-36(35)42(34)54-44/h7-17,20,25-27H,4-6,18-19,21-24H2,1-3H3. The zero-order valence-electron chi connectivity index (χ0n) is 30.6. The van der Waals surface area contributed by atoms with Crippen molar-refractivity contribution in [3.63, 3.8) is 0 Å². The highest BCUT2D eigenvalue weighted by Gasteiger charge is 2.50. The summed E-state index contributed by atoms with van der Waals surface area (Å²) >= 11 is 0. The number of nitrogens with zero attached hydrogens (tertiary/aromatic N) is 1. The van der Waals surface area contributed by atoms with E-state index in [-0.39, 0.29) is 0 Å². The lowest BCUT2D eigenvalue weighted by Gasteiger charge is -2.41. The number of methoxy groups -OCH3 is 3. The molecule has 2 aliphatic heterocycles. The Morgan fingerprint density at radius 3 is 1.96 bits per heavy atom. The number of ether oxygens (including phenoxy) is 5. The van der Waals surface area contributed by atoms with Crippen LogP contribution in [-0.2, 0) is 21.9 Å². The van der Waals surface area contributed by atoms with Crippen LogP contribution in [0, 0.1) is 0 Å². The number of anilines is 1. The van der Waals surface area contributed by atoms with Gasteiger partial charge in [0.2, 0.25) is 0 Å². The molecule has 9 heteroatoms. The van der Waals surface area contributed by atoms with Crippen LogP contribution in [-0.4, -0.2) is 47.6 Å². The fraction of sp³-hybridized carbons (Fsp3) is 0.333. The van der Waals surface area contributed by atoms with Crippen LogP contribution in [0.25, 0.3) is 28.0 Å². The normalized spacial score (nSPS) is 18.1. The summed E-state index contributed by atoms with van der Waals surface area (Å²) < 4.78 is 73.7. The molecule has 54 heavy (non-hydrogen) atoms. The van der Waals surface area contributed by atoms with Crippen LogP contribution in [0.4, 0.5) is 18.9 Å². The Balaban J connectivity index is 1.37. The average molecular weight is 734 g/mol. The minimum atomic E-state index is -4.46. The van der Waals surface area contributed by atoms with Gasteiger partial charge in [-0.3, -0.25) is 0 Å². The predicted molar refractivity (Wildman–Crippen MR) is 204 cm³/mol. The van der Waals surface area contributed by atoms with Crippen molar-refractivity contribution in [3.8, 4) is 34.1 Å². The molecule has 0 amide bonds. The van der Waals surface area contributed by atoms with Crippen LogP contribution in [0.15, 0.2) is 84.9 Å². The number of rotatable bonds is 6. The smallest absolute Gasteiger partial charge is 0.416 e. The van der Waals surface area contributed by atoms with E-state index in [1.165, 1.54) is 12.1 Å². The van der Waals surface area contributed by atoms with Gasteiger partial charge in [-0.05, 0) is 95.1 Å². The monoisotopic (exact) mass is 733 g/mol. The third-order valence-electron chi connectivity index (χ3n) is 12.1. The van der Waals surface area contributed by atoms with Crippen molar-refractivity contribution in [1.82, 2.24) is 0 Å². The molecule has 0 N–H and O–H groups in total. The summed E-state index contributed by atoms with van der Waals surface area (Å²) in [4.78, 5) is 2.27. The van der Waals surface area contributed by atoms with Gasteiger partial charge in [-0.25, -0.2) is 0 Å². The summed E-state index contributed by atoms with van der Waals surface area (Å²) in [5.74, 6) is 2.83. The first kappa shape index (κ1) is 34.6. The largest absolute Gasteiger partial charge is 0.497 e. The van der Waals surface area contributed by atoms with Gasteiger partial charge in [0.25, 0.3) is 0 Å². The van der Waals surface area contributed by atoms with Crippen LogP contribution in [0.2, 0.25) is 0 Å². The van der Waals surface area contributed by atoms with Gasteiger partial charge in [-0.2, -0.15) is 13.2 Å². The van der Waals surface area contributed by atoms with E-state index in [0.29, 0.717) is 37.8 Å². The van der Waals surface area contributed by atoms with Crippen LogP contribution in [0.5, 0.6) is 23.0 Å². The lowest BCUT2D eigenvalue weighted by atomic mass is 9.66. The molecular formula is C45H42F3NO5. The molecule has 0 aromatic heterocycles. The summed E-state index contributed by atoms with van der Waals surface area (Å²) in [6, 6.07) is 24.4. The molecule has 1 spiro atoms. The predicted octanol–water partition coefficient (Wildman–Crippen LogP) is 10.3. The first-order chi connectivity index (χ1) is 26.2. The van der Waals surface area contributed by atoms with Gasteiger partial charge in [-0.15, -0.1) is 0 Å². The first-order valence-corrected chi connectivity index (χ1v) is 18.6. The Morgan fingerprint density at radius 1 is 0.722 bits per heavy atom. The molecule has 4 aliphatic rings. The molecule has 2 heterocycles. The van der Waals surface area contributed by atoms with E-state index in [2.05, 4.69) is 29.2 Å². The lowest BCUT2D eigenvalue weighted by Crippen LogP contribution is -2.36. The van der Waals surface area contributed by atoms with Crippen LogP contribution < -0.4 is 23.8 Å². The summed E-state index contributed by atoms with van der Waals surface area (Å²) in [5, 5.41) is 1.77. The second kappa shape index (κ2) is 13.0. The quantitative estimate of drug-likeness (QED) is 0.173. The van der Waals surface area contributed by atoms with E-state index in [4.69, 9.17) is 23.7 Å². The van der Waals surface area contributed by atoms with Crippen molar-refractivity contribution in [2.24, 2.45) is 0 Å². The zero-order chi connectivity index (χ0) is 37.2. The van der Waals surface area contributed by atoms with Crippen LogP contribution in [0.3, 0.4) is 0 Å². The van der Waals surface area contributed by atoms with Gasteiger partial charge in [-0.1, -0.05) is 55.7 Å². The molecule has 0 bridgehead atoms. The highest BCUT2D eigenvalue weighted by atomic mass is 19.4. The molecule has 278 valence electrons. The van der Waals surface area contributed by atoms with Gasteiger partial charge in [0.05, 0.1) is 45.8 Å². The number of hydrogen-bond donors (Lipinski definition) is 0. The van der Waals surface area contributed by atoms with Gasteiger partial charge in [0.15, 0.2) is 5.60 Å². The molecule has 1 saturated heterocycles. The summed E-state index contributed by atoms with van der Waals surface area (Å²) in [6.07, 6.45) is 4.21. The molecule has 1 saturated carbocycles. The second-order valence-corrected chi connectivity index (χ2v) is 14.7. The number of fused-ring (bicyclic) bond motifs is 10. The highest BCUT2D eigenvalue weighted by Crippen LogP contribution is 2.63. The molecule has 9 rings (SSSR count). The highest BCUT2D eigenvalue weighted by molar-refractivity contribution is 6.10. The summed E-state index contributed by atoms with van der Waals surface area (Å²) in [6.45, 7) is 2.58. The average Bonchev–Trinajstić information content (AvgIpc) is 3.49. The maximum atomic E-state index is 14.4. The minimum absolute atomic E-state index is 0.593. The Hall–Kier alpha value is -5.15. The first-order valence-electron chi connectivity index (χ1n) is 18.6. The van der Waals surface area contributed by atoms with Gasteiger partial charge in [0, 0.05) is 40.6 Å². The molecule has 6 nitrogen and oxygen atoms in total. The Labute approximate surface area is 313 Å². The van der Waals surface area contributed by atoms with Crippen molar-refractivity contribution in [2.75, 3.05) is 52.5 Å². The van der Waals surface area contributed by atoms with Gasteiger partial charge >= 0.3 is 6.18 Å². The van der Waals surface area contributed by atoms with Gasteiger partial charge < -0.3 is 28.6 Å². The van der Waals surface area contributed by atoms with Crippen LogP contribution >= 0.6 is 0 Å². The van der Waals surface area contributed by atoms with E-state index in [9.17, 15) is 13.2 Å². The van der Waals surface area contributed by atoms with E-state index in [0.717, 1.165) is 99.0 Å². The van der Waals surface area contributed by atoms with E-state index in [1.807, 2.05) is 48.5 Å². The maximum absolute atomic E-state index is 14.4.